The Kier molecular flexibility index (Phi) is 3.01. The van der Waals surface area contributed by atoms with Crippen LogP contribution >= 0.6 is 6.83 Å². The fourth-order valence-electron chi connectivity index (χ4n) is 4.78. The minimum absolute atomic E-state index is 0.628. The second kappa shape index (κ2) is 5.02. The molecular weight excluding hydrogens is 311 g/mol. The molecule has 5 rings (SSSR count). The first-order valence-electron chi connectivity index (χ1n) is 8.69. The fraction of sp³-hybridized carbons (Fsp3) is 0.182. The second-order valence-electron chi connectivity index (χ2n) is 6.97. The average Bonchev–Trinajstić information content (AvgIpc) is 3.39. The Morgan fingerprint density at radius 1 is 0.625 bits per heavy atom. The average molecular weight is 332 g/mol. The van der Waals surface area contributed by atoms with Crippen LogP contribution in [0.2, 0.25) is 0 Å². The van der Waals surface area contributed by atoms with Gasteiger partial charge >= 0.3 is 143 Å². The molecule has 2 aliphatic rings. The van der Waals surface area contributed by atoms with Crippen LogP contribution < -0.4 is 15.9 Å². The van der Waals surface area contributed by atoms with Gasteiger partial charge in [-0.15, -0.1) is 0 Å². The van der Waals surface area contributed by atoms with E-state index in [4.69, 9.17) is 4.52 Å². The third kappa shape index (κ3) is 1.62. The van der Waals surface area contributed by atoms with Crippen LogP contribution in [0.25, 0.3) is 0 Å². The van der Waals surface area contributed by atoms with Crippen molar-refractivity contribution in [1.29, 1.82) is 0 Å². The third-order valence-corrected chi connectivity index (χ3v) is 12.4. The van der Waals surface area contributed by atoms with Crippen LogP contribution in [-0.2, 0) is 4.52 Å². The first-order valence-corrected chi connectivity index (χ1v) is 10.9. The van der Waals surface area contributed by atoms with Crippen LogP contribution in [0.3, 0.4) is 0 Å². The maximum atomic E-state index is 6.98. The topological polar surface area (TPSA) is 9.23 Å². The van der Waals surface area contributed by atoms with Crippen LogP contribution in [0.5, 0.6) is 0 Å². The zero-order valence-corrected chi connectivity index (χ0v) is 14.5. The van der Waals surface area contributed by atoms with E-state index < -0.39 is 6.83 Å². The van der Waals surface area contributed by atoms with E-state index in [0.717, 1.165) is 6.61 Å². The van der Waals surface area contributed by atoms with Crippen LogP contribution in [0.15, 0.2) is 91.0 Å². The van der Waals surface area contributed by atoms with Crippen LogP contribution in [0, 0.1) is 5.92 Å². The van der Waals surface area contributed by atoms with E-state index in [1.807, 2.05) is 0 Å². The van der Waals surface area contributed by atoms with Gasteiger partial charge in [0.2, 0.25) is 0 Å². The molecule has 0 amide bonds. The van der Waals surface area contributed by atoms with Gasteiger partial charge in [0.1, 0.15) is 0 Å². The summed E-state index contributed by atoms with van der Waals surface area (Å²) < 4.78 is 6.98. The van der Waals surface area contributed by atoms with Crippen molar-refractivity contribution in [3.05, 3.63) is 91.0 Å². The van der Waals surface area contributed by atoms with Crippen molar-refractivity contribution in [2.45, 2.75) is 12.1 Å². The van der Waals surface area contributed by atoms with Gasteiger partial charge in [0, 0.05) is 0 Å². The Morgan fingerprint density at radius 3 is 1.33 bits per heavy atom. The van der Waals surface area contributed by atoms with Crippen molar-refractivity contribution in [1.82, 2.24) is 0 Å². The normalized spacial score (nSPS) is 27.6. The number of benzene rings is 3. The number of hydrogen-bond donors (Lipinski definition) is 0. The zero-order chi connectivity index (χ0) is 16.1. The molecule has 0 radical (unpaired) electrons. The van der Waals surface area contributed by atoms with Crippen LogP contribution in [-0.4, -0.2) is 12.3 Å². The molecule has 120 valence electrons. The van der Waals surface area contributed by atoms with Gasteiger partial charge in [0.05, 0.1) is 0 Å². The molecule has 3 aromatic carbocycles. The molecule has 0 bridgehead atoms. The van der Waals surface area contributed by atoms with E-state index >= 15 is 0 Å². The number of rotatable bonds is 3. The number of hydrogen-bond acceptors (Lipinski definition) is 1. The van der Waals surface area contributed by atoms with Gasteiger partial charge in [-0.25, -0.2) is 0 Å². The molecule has 2 heteroatoms. The van der Waals surface area contributed by atoms with Crippen molar-refractivity contribution in [3.63, 3.8) is 0 Å². The van der Waals surface area contributed by atoms with Gasteiger partial charge in [-0.05, 0) is 0 Å². The molecule has 3 aromatic rings. The summed E-state index contributed by atoms with van der Waals surface area (Å²) in [6, 6.07) is 33.0. The standard InChI is InChI=1S/C22H21OP/c1-4-10-19(11-5-1)24(20-12-6-2-7-13-20,21-14-8-3-9-15-21)22-16-18(22)17-23-24/h1-15,18,22H,16-17H2/t18-,22+/m1/s1. The molecule has 1 aliphatic heterocycles. The van der Waals surface area contributed by atoms with E-state index in [-0.39, 0.29) is 0 Å². The van der Waals surface area contributed by atoms with E-state index in [1.165, 1.54) is 22.3 Å². The predicted molar refractivity (Wildman–Crippen MR) is 103 cm³/mol. The van der Waals surface area contributed by atoms with Crippen LogP contribution in [0.1, 0.15) is 6.42 Å². The molecular formula is C22H21OP. The summed E-state index contributed by atoms with van der Waals surface area (Å²) in [5, 5.41) is 4.14. The van der Waals surface area contributed by atoms with Gasteiger partial charge in [-0.1, -0.05) is 0 Å². The van der Waals surface area contributed by atoms with Gasteiger partial charge in [-0.2, -0.15) is 0 Å². The molecule has 0 N–H and O–H groups in total. The van der Waals surface area contributed by atoms with E-state index in [2.05, 4.69) is 91.0 Å². The minimum atomic E-state index is -2.85. The SMILES string of the molecule is c1ccc(P2(c3ccccc3)(c3ccccc3)OC[C@H]3C[C@@H]32)cc1. The predicted octanol–water partition coefficient (Wildman–Crippen LogP) is 3.85. The summed E-state index contributed by atoms with van der Waals surface area (Å²) in [5.74, 6) is 0.711. The molecule has 1 saturated heterocycles. The van der Waals surface area contributed by atoms with Crippen LogP contribution in [0.4, 0.5) is 0 Å². The first-order chi connectivity index (χ1) is 11.9. The molecule has 0 spiro atoms. The maximum absolute atomic E-state index is 6.98. The van der Waals surface area contributed by atoms with Gasteiger partial charge < -0.3 is 0 Å². The quantitative estimate of drug-likeness (QED) is 0.662. The summed E-state index contributed by atoms with van der Waals surface area (Å²) in [7, 11) is 0. The molecule has 0 aromatic heterocycles. The fourth-order valence-corrected chi connectivity index (χ4v) is 11.8. The Balaban J connectivity index is 1.94. The molecule has 2 fully saturated rings. The number of fused-ring (bicyclic) bond motifs is 1. The van der Waals surface area contributed by atoms with E-state index in [0.29, 0.717) is 11.6 Å². The molecule has 1 aliphatic carbocycles. The Morgan fingerprint density at radius 2 is 1.04 bits per heavy atom. The van der Waals surface area contributed by atoms with E-state index in [9.17, 15) is 0 Å². The summed E-state index contributed by atoms with van der Waals surface area (Å²) >= 11 is 0. The first kappa shape index (κ1) is 14.4. The summed E-state index contributed by atoms with van der Waals surface area (Å²) in [6.45, 7) is -1.96. The molecule has 24 heavy (non-hydrogen) atoms. The van der Waals surface area contributed by atoms with Crippen molar-refractivity contribution >= 4 is 22.7 Å². The summed E-state index contributed by atoms with van der Waals surface area (Å²) in [6.07, 6.45) is 1.29. The van der Waals surface area contributed by atoms with Crippen molar-refractivity contribution in [2.75, 3.05) is 6.61 Å². The Bertz CT molecular complexity index is 761. The molecule has 1 saturated carbocycles. The van der Waals surface area contributed by atoms with E-state index in [1.54, 1.807) is 0 Å². The van der Waals surface area contributed by atoms with Crippen molar-refractivity contribution in [3.8, 4) is 0 Å². The Hall–Kier alpha value is -1.95. The molecule has 2 atom stereocenters. The Labute approximate surface area is 143 Å². The molecule has 1 nitrogen and oxygen atoms in total. The summed E-state index contributed by atoms with van der Waals surface area (Å²) in [5.41, 5.74) is 0.628. The van der Waals surface area contributed by atoms with Gasteiger partial charge in [-0.3, -0.25) is 0 Å². The zero-order valence-electron chi connectivity index (χ0n) is 13.6. The summed E-state index contributed by atoms with van der Waals surface area (Å²) in [4.78, 5) is 0. The molecule has 1 heterocycles. The third-order valence-electron chi connectivity index (χ3n) is 5.88. The van der Waals surface area contributed by atoms with Gasteiger partial charge in [0.25, 0.3) is 0 Å². The van der Waals surface area contributed by atoms with Crippen molar-refractivity contribution < 1.29 is 4.52 Å². The monoisotopic (exact) mass is 332 g/mol. The molecule has 0 unspecified atom stereocenters. The van der Waals surface area contributed by atoms with Gasteiger partial charge in [0.15, 0.2) is 0 Å². The van der Waals surface area contributed by atoms with Crippen molar-refractivity contribution in [2.24, 2.45) is 5.92 Å². The second-order valence-corrected chi connectivity index (χ2v) is 11.6.